The summed E-state index contributed by atoms with van der Waals surface area (Å²) in [6, 6.07) is 24.0. The number of benzene rings is 3. The van der Waals surface area contributed by atoms with Gasteiger partial charge in [-0.3, -0.25) is 14.8 Å². The Bertz CT molecular complexity index is 1020. The van der Waals surface area contributed by atoms with Gasteiger partial charge in [0.25, 0.3) is 5.91 Å². The van der Waals surface area contributed by atoms with Crippen molar-refractivity contribution in [3.05, 3.63) is 96.1 Å². The van der Waals surface area contributed by atoms with Gasteiger partial charge in [-0.15, -0.1) is 0 Å². The standard InChI is InChI=1S/C23H21N3O4/c27-22(25-29)15-14-17-10-12-18(13-11-17)16-30-26-23(28)24-21-9-5-4-8-20(21)19-6-2-1-3-7-19/h1-15,29H,16H2,(H,25,27)(H2,24,26,28)/b15-14+. The molecule has 0 heterocycles. The first-order valence-corrected chi connectivity index (χ1v) is 9.20. The maximum atomic E-state index is 12.2. The van der Waals surface area contributed by atoms with Crippen molar-refractivity contribution in [3.63, 3.8) is 0 Å². The van der Waals surface area contributed by atoms with Crippen molar-refractivity contribution in [3.8, 4) is 11.1 Å². The van der Waals surface area contributed by atoms with E-state index in [1.54, 1.807) is 30.3 Å². The van der Waals surface area contributed by atoms with E-state index in [1.807, 2.05) is 54.6 Å². The van der Waals surface area contributed by atoms with E-state index in [-0.39, 0.29) is 6.61 Å². The minimum atomic E-state index is -0.605. The van der Waals surface area contributed by atoms with Crippen molar-refractivity contribution in [2.75, 3.05) is 5.32 Å². The molecular weight excluding hydrogens is 382 g/mol. The summed E-state index contributed by atoms with van der Waals surface area (Å²) in [5.74, 6) is -0.605. The highest BCUT2D eigenvalue weighted by Gasteiger charge is 2.08. The molecule has 4 N–H and O–H groups in total. The average molecular weight is 403 g/mol. The second kappa shape index (κ2) is 10.6. The number of rotatable bonds is 7. The van der Waals surface area contributed by atoms with E-state index < -0.39 is 11.9 Å². The average Bonchev–Trinajstić information content (AvgIpc) is 2.79. The Labute approximate surface area is 173 Å². The van der Waals surface area contributed by atoms with Gasteiger partial charge in [0.1, 0.15) is 0 Å². The molecule has 3 aromatic rings. The Morgan fingerprint density at radius 3 is 2.33 bits per heavy atom. The molecular formula is C23H21N3O4. The Kier molecular flexibility index (Phi) is 7.32. The lowest BCUT2D eigenvalue weighted by Gasteiger charge is -2.12. The highest BCUT2D eigenvalue weighted by Crippen LogP contribution is 2.27. The molecule has 0 unspecified atom stereocenters. The van der Waals surface area contributed by atoms with Crippen molar-refractivity contribution >= 4 is 23.7 Å². The molecule has 3 rings (SSSR count). The van der Waals surface area contributed by atoms with Gasteiger partial charge in [0.15, 0.2) is 0 Å². The predicted octanol–water partition coefficient (Wildman–Crippen LogP) is 4.13. The zero-order valence-electron chi connectivity index (χ0n) is 16.0. The molecule has 0 aliphatic carbocycles. The van der Waals surface area contributed by atoms with Crippen molar-refractivity contribution in [2.24, 2.45) is 0 Å². The molecule has 0 bridgehead atoms. The fourth-order valence-corrected chi connectivity index (χ4v) is 2.73. The van der Waals surface area contributed by atoms with Gasteiger partial charge in [-0.05, 0) is 28.8 Å². The number of amides is 3. The molecule has 152 valence electrons. The lowest BCUT2D eigenvalue weighted by molar-refractivity contribution is -0.124. The Morgan fingerprint density at radius 1 is 0.900 bits per heavy atom. The quantitative estimate of drug-likeness (QED) is 0.271. The zero-order valence-corrected chi connectivity index (χ0v) is 16.0. The van der Waals surface area contributed by atoms with Crippen molar-refractivity contribution in [1.82, 2.24) is 11.0 Å². The minimum absolute atomic E-state index is 0.175. The van der Waals surface area contributed by atoms with Crippen LogP contribution in [0, 0.1) is 0 Å². The first-order chi connectivity index (χ1) is 14.7. The third kappa shape index (κ3) is 6.03. The normalized spacial score (nSPS) is 10.6. The third-order valence-corrected chi connectivity index (χ3v) is 4.18. The number of urea groups is 1. The van der Waals surface area contributed by atoms with Crippen LogP contribution < -0.4 is 16.3 Å². The summed E-state index contributed by atoms with van der Waals surface area (Å²) in [6.07, 6.45) is 2.77. The minimum Gasteiger partial charge on any atom is -0.306 e. The smallest absolute Gasteiger partial charge is 0.306 e. The second-order valence-corrected chi connectivity index (χ2v) is 6.31. The van der Waals surface area contributed by atoms with Gasteiger partial charge < -0.3 is 5.32 Å². The molecule has 0 atom stereocenters. The summed E-state index contributed by atoms with van der Waals surface area (Å²) in [6.45, 7) is 0.175. The monoisotopic (exact) mass is 403 g/mol. The molecule has 0 aromatic heterocycles. The Balaban J connectivity index is 1.51. The predicted molar refractivity (Wildman–Crippen MR) is 114 cm³/mol. The van der Waals surface area contributed by atoms with Gasteiger partial charge in [-0.25, -0.2) is 15.8 Å². The van der Waals surface area contributed by atoms with Crippen molar-refractivity contribution in [1.29, 1.82) is 0 Å². The zero-order chi connectivity index (χ0) is 21.2. The second-order valence-electron chi connectivity index (χ2n) is 6.31. The van der Waals surface area contributed by atoms with E-state index in [1.165, 1.54) is 11.6 Å². The van der Waals surface area contributed by atoms with Gasteiger partial charge >= 0.3 is 6.03 Å². The topological polar surface area (TPSA) is 99.7 Å². The number of carbonyl (C=O) groups is 2. The molecule has 30 heavy (non-hydrogen) atoms. The highest BCUT2D eigenvalue weighted by atomic mass is 16.7. The maximum absolute atomic E-state index is 12.2. The van der Waals surface area contributed by atoms with Gasteiger partial charge in [-0.2, -0.15) is 0 Å². The van der Waals surface area contributed by atoms with Crippen LogP contribution >= 0.6 is 0 Å². The molecule has 0 saturated heterocycles. The van der Waals surface area contributed by atoms with Crippen molar-refractivity contribution < 1.29 is 19.6 Å². The first-order valence-electron chi connectivity index (χ1n) is 9.20. The molecule has 7 heteroatoms. The summed E-state index contributed by atoms with van der Waals surface area (Å²) in [4.78, 5) is 28.5. The maximum Gasteiger partial charge on any atom is 0.343 e. The van der Waals surface area contributed by atoms with E-state index in [2.05, 4.69) is 10.8 Å². The molecule has 7 nitrogen and oxygen atoms in total. The van der Waals surface area contributed by atoms with Crippen LogP contribution in [0.2, 0.25) is 0 Å². The SMILES string of the molecule is O=C(/C=C/c1ccc(CONC(=O)Nc2ccccc2-c2ccccc2)cc1)NO. The number of hydroxylamine groups is 2. The van der Waals surface area contributed by atoms with E-state index in [9.17, 15) is 9.59 Å². The molecule has 0 fully saturated rings. The molecule has 0 aliphatic rings. The summed E-state index contributed by atoms with van der Waals surface area (Å²) in [5.41, 5.74) is 8.10. The van der Waals surface area contributed by atoms with Crippen molar-refractivity contribution in [2.45, 2.75) is 6.61 Å². The molecule has 3 amide bonds. The van der Waals surface area contributed by atoms with Gasteiger partial charge in [-0.1, -0.05) is 72.8 Å². The van der Waals surface area contributed by atoms with E-state index >= 15 is 0 Å². The Hall–Kier alpha value is -3.94. The molecule has 0 aliphatic heterocycles. The molecule has 0 radical (unpaired) electrons. The number of para-hydroxylation sites is 1. The van der Waals surface area contributed by atoms with Crippen LogP contribution in [0.5, 0.6) is 0 Å². The molecule has 3 aromatic carbocycles. The van der Waals surface area contributed by atoms with Crippen LogP contribution in [0.1, 0.15) is 11.1 Å². The van der Waals surface area contributed by atoms with E-state index in [0.717, 1.165) is 22.3 Å². The largest absolute Gasteiger partial charge is 0.343 e. The highest BCUT2D eigenvalue weighted by molar-refractivity contribution is 5.94. The van der Waals surface area contributed by atoms with Crippen LogP contribution in [-0.4, -0.2) is 17.1 Å². The summed E-state index contributed by atoms with van der Waals surface area (Å²) in [5, 5.41) is 11.3. The van der Waals surface area contributed by atoms with Gasteiger partial charge in [0, 0.05) is 11.6 Å². The summed E-state index contributed by atoms with van der Waals surface area (Å²) < 4.78 is 0. The van der Waals surface area contributed by atoms with Crippen LogP contribution in [0.3, 0.4) is 0 Å². The van der Waals surface area contributed by atoms with E-state index in [4.69, 9.17) is 10.0 Å². The number of hydrogen-bond acceptors (Lipinski definition) is 4. The lowest BCUT2D eigenvalue weighted by Crippen LogP contribution is -2.28. The fourth-order valence-electron chi connectivity index (χ4n) is 2.73. The Morgan fingerprint density at radius 2 is 1.60 bits per heavy atom. The molecule has 0 saturated carbocycles. The fraction of sp³-hybridized carbons (Fsp3) is 0.0435. The van der Waals surface area contributed by atoms with Gasteiger partial charge in [0.2, 0.25) is 0 Å². The van der Waals surface area contributed by atoms with Crippen LogP contribution in [0.25, 0.3) is 17.2 Å². The summed E-state index contributed by atoms with van der Waals surface area (Å²) >= 11 is 0. The number of anilines is 1. The first kappa shape index (κ1) is 20.8. The van der Waals surface area contributed by atoms with E-state index in [0.29, 0.717) is 5.69 Å². The van der Waals surface area contributed by atoms with Gasteiger partial charge in [0.05, 0.1) is 12.3 Å². The number of hydrogen-bond donors (Lipinski definition) is 4. The number of nitrogens with one attached hydrogen (secondary N) is 3. The third-order valence-electron chi connectivity index (χ3n) is 4.18. The van der Waals surface area contributed by atoms with Crippen LogP contribution in [0.4, 0.5) is 10.5 Å². The van der Waals surface area contributed by atoms with Crippen LogP contribution in [0.15, 0.2) is 84.9 Å². The van der Waals surface area contributed by atoms with Crippen LogP contribution in [-0.2, 0) is 16.2 Å². The molecule has 0 spiro atoms. The summed E-state index contributed by atoms with van der Waals surface area (Å²) in [7, 11) is 0. The lowest BCUT2D eigenvalue weighted by atomic mass is 10.0. The number of carbonyl (C=O) groups excluding carboxylic acids is 2.